The fourth-order valence-electron chi connectivity index (χ4n) is 3.35. The number of carbonyl (C=O) groups is 3. The summed E-state index contributed by atoms with van der Waals surface area (Å²) < 4.78 is 0. The highest BCUT2D eigenvalue weighted by molar-refractivity contribution is 5.98. The van der Waals surface area contributed by atoms with Gasteiger partial charge in [-0.25, -0.2) is 9.86 Å². The van der Waals surface area contributed by atoms with Crippen molar-refractivity contribution in [2.24, 2.45) is 0 Å². The summed E-state index contributed by atoms with van der Waals surface area (Å²) >= 11 is 0. The number of benzene rings is 2. The van der Waals surface area contributed by atoms with E-state index < -0.39 is 30.0 Å². The highest BCUT2D eigenvalue weighted by Gasteiger charge is 2.26. The first-order valence-corrected chi connectivity index (χ1v) is 12.0. The van der Waals surface area contributed by atoms with Gasteiger partial charge < -0.3 is 26.0 Å². The molecular formula is C27H41N5O5. The predicted molar refractivity (Wildman–Crippen MR) is 144 cm³/mol. The van der Waals surface area contributed by atoms with Crippen LogP contribution in [0.25, 0.3) is 11.1 Å². The molecule has 37 heavy (non-hydrogen) atoms. The maximum atomic E-state index is 12.7. The zero-order valence-corrected chi connectivity index (χ0v) is 21.3. The third-order valence-corrected chi connectivity index (χ3v) is 5.59. The van der Waals surface area contributed by atoms with Crippen molar-refractivity contribution in [2.75, 3.05) is 40.3 Å². The Balaban J connectivity index is 0.00000684. The number of carbonyl (C=O) groups excluding carboxylic acids is 3. The second-order valence-corrected chi connectivity index (χ2v) is 8.77. The SMILES string of the molecule is C.CCc1ccc(-c2ccc(C(=O)N[C@H](C(=O)NCCN(O)C(=O)NCCN(C)C)[C@@H](C)O)cc2)cc1. The molecule has 2 aromatic carbocycles. The van der Waals surface area contributed by atoms with Crippen molar-refractivity contribution >= 4 is 17.8 Å². The number of hydroxylamine groups is 2. The summed E-state index contributed by atoms with van der Waals surface area (Å²) in [5.74, 6) is -1.14. The average Bonchev–Trinajstić information content (AvgIpc) is 2.86. The van der Waals surface area contributed by atoms with Gasteiger partial charge in [-0.3, -0.25) is 14.8 Å². The van der Waals surface area contributed by atoms with Crippen LogP contribution >= 0.6 is 0 Å². The number of amides is 4. The number of aliphatic hydroxyl groups excluding tert-OH is 1. The van der Waals surface area contributed by atoms with Gasteiger partial charge in [0, 0.05) is 25.2 Å². The van der Waals surface area contributed by atoms with E-state index in [0.29, 0.717) is 23.7 Å². The van der Waals surface area contributed by atoms with Crippen LogP contribution in [0.15, 0.2) is 48.5 Å². The summed E-state index contributed by atoms with van der Waals surface area (Å²) in [6.07, 6.45) is -0.202. The number of nitrogens with one attached hydrogen (secondary N) is 3. The summed E-state index contributed by atoms with van der Waals surface area (Å²) in [6, 6.07) is 13.3. The van der Waals surface area contributed by atoms with Crippen LogP contribution in [0.5, 0.6) is 0 Å². The number of likely N-dealkylation sites (N-methyl/N-ethyl adjacent to an activating group) is 1. The van der Waals surface area contributed by atoms with Crippen molar-refractivity contribution in [1.29, 1.82) is 0 Å². The van der Waals surface area contributed by atoms with E-state index in [4.69, 9.17) is 0 Å². The Labute approximate surface area is 219 Å². The molecule has 2 atom stereocenters. The van der Waals surface area contributed by atoms with Crippen molar-refractivity contribution in [3.8, 4) is 11.1 Å². The van der Waals surface area contributed by atoms with Gasteiger partial charge in [-0.1, -0.05) is 50.7 Å². The number of nitrogens with zero attached hydrogens (tertiary/aromatic N) is 2. The van der Waals surface area contributed by atoms with Gasteiger partial charge in [0.05, 0.1) is 12.6 Å². The Morgan fingerprint density at radius 2 is 1.43 bits per heavy atom. The quantitative estimate of drug-likeness (QED) is 0.217. The first kappa shape index (κ1) is 31.6. The van der Waals surface area contributed by atoms with Crippen LogP contribution < -0.4 is 16.0 Å². The molecule has 5 N–H and O–H groups in total. The van der Waals surface area contributed by atoms with E-state index >= 15 is 0 Å². The molecule has 0 aromatic heterocycles. The van der Waals surface area contributed by atoms with E-state index in [-0.39, 0.29) is 20.5 Å². The molecule has 10 nitrogen and oxygen atoms in total. The molecule has 0 heterocycles. The summed E-state index contributed by atoms with van der Waals surface area (Å²) in [5.41, 5.74) is 3.58. The van der Waals surface area contributed by atoms with Gasteiger partial charge in [0.1, 0.15) is 6.04 Å². The number of urea groups is 1. The molecule has 4 amide bonds. The minimum atomic E-state index is -1.21. The van der Waals surface area contributed by atoms with E-state index in [1.54, 1.807) is 12.1 Å². The zero-order valence-electron chi connectivity index (χ0n) is 21.3. The molecule has 0 radical (unpaired) electrons. The third kappa shape index (κ3) is 10.2. The third-order valence-electron chi connectivity index (χ3n) is 5.59. The molecule has 10 heteroatoms. The molecule has 0 unspecified atom stereocenters. The molecule has 204 valence electrons. The molecule has 0 aliphatic carbocycles. The van der Waals surface area contributed by atoms with Gasteiger partial charge in [0.15, 0.2) is 0 Å². The topological polar surface area (TPSA) is 134 Å². The predicted octanol–water partition coefficient (Wildman–Crippen LogP) is 2.11. The Morgan fingerprint density at radius 1 is 0.892 bits per heavy atom. The lowest BCUT2D eigenvalue weighted by Crippen LogP contribution is -2.53. The first-order valence-electron chi connectivity index (χ1n) is 12.0. The van der Waals surface area contributed by atoms with E-state index in [2.05, 4.69) is 35.0 Å². The molecule has 0 aliphatic rings. The number of hydrogen-bond donors (Lipinski definition) is 5. The van der Waals surface area contributed by atoms with Crippen LogP contribution in [0.1, 0.15) is 37.2 Å². The summed E-state index contributed by atoms with van der Waals surface area (Å²) in [4.78, 5) is 39.0. The van der Waals surface area contributed by atoms with Crippen LogP contribution in [0.2, 0.25) is 0 Å². The zero-order chi connectivity index (χ0) is 26.7. The number of hydrogen-bond acceptors (Lipinski definition) is 6. The van der Waals surface area contributed by atoms with Crippen molar-refractivity contribution < 1.29 is 24.7 Å². The molecule has 0 fully saturated rings. The van der Waals surface area contributed by atoms with Gasteiger partial charge in [0.25, 0.3) is 5.91 Å². The van der Waals surface area contributed by atoms with Gasteiger partial charge in [-0.15, -0.1) is 0 Å². The first-order chi connectivity index (χ1) is 17.1. The van der Waals surface area contributed by atoms with Crippen LogP contribution in [-0.4, -0.2) is 90.5 Å². The van der Waals surface area contributed by atoms with Crippen LogP contribution in [0, 0.1) is 0 Å². The molecule has 0 saturated heterocycles. The van der Waals surface area contributed by atoms with Crippen LogP contribution in [0.4, 0.5) is 4.79 Å². The standard InChI is InChI=1S/C26H37N5O5.CH4/c1-5-19-6-8-20(9-7-19)21-10-12-22(13-11-21)24(33)29-23(18(2)32)25(34)27-15-17-31(36)26(35)28-14-16-30(3)4;/h6-13,18,23,32,36H,5,14-17H2,1-4H3,(H,27,34)(H,28,35)(H,29,33);1H4/t18-,23+;/m1./s1. The maximum Gasteiger partial charge on any atom is 0.341 e. The lowest BCUT2D eigenvalue weighted by Gasteiger charge is -2.22. The minimum Gasteiger partial charge on any atom is -0.391 e. The smallest absolute Gasteiger partial charge is 0.341 e. The molecule has 0 saturated carbocycles. The number of aliphatic hydroxyl groups is 1. The lowest BCUT2D eigenvalue weighted by molar-refractivity contribution is -0.125. The summed E-state index contributed by atoms with van der Waals surface area (Å²) in [6.45, 7) is 4.22. The molecular weight excluding hydrogens is 474 g/mol. The Bertz CT molecular complexity index is 993. The Hall–Kier alpha value is -3.47. The van der Waals surface area contributed by atoms with Crippen LogP contribution in [-0.2, 0) is 11.2 Å². The molecule has 0 aliphatic heterocycles. The minimum absolute atomic E-state index is 0. The van der Waals surface area contributed by atoms with Crippen molar-refractivity contribution in [3.05, 3.63) is 59.7 Å². The normalized spacial score (nSPS) is 12.2. The lowest BCUT2D eigenvalue weighted by atomic mass is 10.0. The van der Waals surface area contributed by atoms with Crippen molar-refractivity contribution in [1.82, 2.24) is 25.9 Å². The van der Waals surface area contributed by atoms with Gasteiger partial charge in [0.2, 0.25) is 5.91 Å². The monoisotopic (exact) mass is 515 g/mol. The fourth-order valence-corrected chi connectivity index (χ4v) is 3.35. The Morgan fingerprint density at radius 3 is 1.95 bits per heavy atom. The van der Waals surface area contributed by atoms with E-state index in [9.17, 15) is 24.7 Å². The van der Waals surface area contributed by atoms with Gasteiger partial charge in [-0.2, -0.15) is 0 Å². The Kier molecular flexibility index (Phi) is 13.3. The van der Waals surface area contributed by atoms with Crippen molar-refractivity contribution in [2.45, 2.75) is 39.8 Å². The van der Waals surface area contributed by atoms with E-state index in [1.807, 2.05) is 43.3 Å². The molecule has 0 bridgehead atoms. The number of aryl methyl sites for hydroxylation is 1. The maximum absolute atomic E-state index is 12.7. The summed E-state index contributed by atoms with van der Waals surface area (Å²) in [7, 11) is 3.72. The van der Waals surface area contributed by atoms with Gasteiger partial charge >= 0.3 is 6.03 Å². The highest BCUT2D eigenvalue weighted by atomic mass is 16.5. The van der Waals surface area contributed by atoms with Crippen LogP contribution in [0.3, 0.4) is 0 Å². The van der Waals surface area contributed by atoms with Crippen molar-refractivity contribution in [3.63, 3.8) is 0 Å². The highest BCUT2D eigenvalue weighted by Crippen LogP contribution is 2.20. The molecule has 0 spiro atoms. The van der Waals surface area contributed by atoms with Gasteiger partial charge in [-0.05, 0) is 56.3 Å². The number of rotatable bonds is 12. The second kappa shape index (κ2) is 15.6. The second-order valence-electron chi connectivity index (χ2n) is 8.77. The fraction of sp³-hybridized carbons (Fsp3) is 0.444. The van der Waals surface area contributed by atoms with E-state index in [1.165, 1.54) is 12.5 Å². The molecule has 2 aromatic rings. The largest absolute Gasteiger partial charge is 0.391 e. The van der Waals surface area contributed by atoms with E-state index in [0.717, 1.165) is 17.5 Å². The molecule has 2 rings (SSSR count). The average molecular weight is 516 g/mol. The summed E-state index contributed by atoms with van der Waals surface area (Å²) in [5, 5.41) is 27.9.